The minimum Gasteiger partial charge on any atom is -0.490 e. The lowest BCUT2D eigenvalue weighted by atomic mass is 10.1. The summed E-state index contributed by atoms with van der Waals surface area (Å²) in [6.45, 7) is 3.23. The van der Waals surface area contributed by atoms with E-state index < -0.39 is 5.97 Å². The van der Waals surface area contributed by atoms with Gasteiger partial charge in [0.15, 0.2) is 0 Å². The number of benzene rings is 2. The number of rotatable bonds is 9. The molecule has 2 aromatic heterocycles. The highest BCUT2D eigenvalue weighted by molar-refractivity contribution is 7.13. The van der Waals surface area contributed by atoms with Crippen molar-refractivity contribution in [1.29, 1.82) is 0 Å². The van der Waals surface area contributed by atoms with Crippen LogP contribution in [0.15, 0.2) is 66.0 Å². The van der Waals surface area contributed by atoms with Gasteiger partial charge in [0, 0.05) is 16.5 Å². The fraction of sp³-hybridized carbons (Fsp3) is 0.167. The van der Waals surface area contributed by atoms with Crippen LogP contribution in [0.3, 0.4) is 0 Å². The van der Waals surface area contributed by atoms with Crippen molar-refractivity contribution in [3.8, 4) is 33.3 Å². The fourth-order valence-corrected chi connectivity index (χ4v) is 4.16. The zero-order valence-corrected chi connectivity index (χ0v) is 18.9. The third kappa shape index (κ3) is 4.95. The first-order chi connectivity index (χ1) is 15.5. The third-order valence-corrected chi connectivity index (χ3v) is 5.98. The van der Waals surface area contributed by atoms with Crippen molar-refractivity contribution in [2.45, 2.75) is 13.5 Å². The van der Waals surface area contributed by atoms with Gasteiger partial charge in [-0.05, 0) is 54.3 Å². The molecular formula is C24H21ClN2O4S. The number of hydrogen-bond acceptors (Lipinski definition) is 5. The molecule has 0 radical (unpaired) electrons. The molecule has 0 saturated heterocycles. The van der Waals surface area contributed by atoms with Crippen LogP contribution in [0.5, 0.6) is 11.6 Å². The zero-order valence-electron chi connectivity index (χ0n) is 17.3. The Bertz CT molecular complexity index is 1200. The second-order valence-electron chi connectivity index (χ2n) is 6.88. The number of nitrogens with zero attached hydrogens (tertiary/aromatic N) is 2. The maximum atomic E-state index is 11.1. The third-order valence-electron chi connectivity index (χ3n) is 4.76. The number of thiophene rings is 1. The van der Waals surface area contributed by atoms with E-state index in [2.05, 4.69) is 11.2 Å². The number of aromatic nitrogens is 2. The van der Waals surface area contributed by atoms with Crippen molar-refractivity contribution in [1.82, 2.24) is 9.78 Å². The van der Waals surface area contributed by atoms with Crippen LogP contribution in [0.25, 0.3) is 21.7 Å². The van der Waals surface area contributed by atoms with E-state index in [0.29, 0.717) is 42.1 Å². The number of ether oxygens (including phenoxy) is 2. The maximum Gasteiger partial charge on any atom is 0.335 e. The highest BCUT2D eigenvalue weighted by Gasteiger charge is 2.12. The Hall–Kier alpha value is -3.29. The molecular weight excluding hydrogens is 448 g/mol. The largest absolute Gasteiger partial charge is 0.490 e. The second kappa shape index (κ2) is 9.89. The van der Waals surface area contributed by atoms with Crippen LogP contribution in [0.1, 0.15) is 17.3 Å². The summed E-state index contributed by atoms with van der Waals surface area (Å²) in [5, 5.41) is 16.3. The van der Waals surface area contributed by atoms with Crippen molar-refractivity contribution in [3.63, 3.8) is 0 Å². The van der Waals surface area contributed by atoms with Crippen LogP contribution < -0.4 is 9.47 Å². The minimum absolute atomic E-state index is 0.230. The van der Waals surface area contributed by atoms with Gasteiger partial charge in [-0.2, -0.15) is 5.10 Å². The Morgan fingerprint density at radius 3 is 2.53 bits per heavy atom. The molecule has 0 fully saturated rings. The van der Waals surface area contributed by atoms with Gasteiger partial charge in [0.25, 0.3) is 0 Å². The quantitative estimate of drug-likeness (QED) is 0.321. The molecule has 6 nitrogen and oxygen atoms in total. The lowest BCUT2D eigenvalue weighted by Gasteiger charge is -2.11. The van der Waals surface area contributed by atoms with E-state index in [9.17, 15) is 4.79 Å². The molecule has 0 unspecified atom stereocenters. The maximum absolute atomic E-state index is 11.1. The molecule has 0 saturated carbocycles. The molecule has 8 heteroatoms. The summed E-state index contributed by atoms with van der Waals surface area (Å²) in [6.07, 6.45) is 0. The molecule has 0 atom stereocenters. The smallest absolute Gasteiger partial charge is 0.335 e. The van der Waals surface area contributed by atoms with Gasteiger partial charge in [-0.15, -0.1) is 11.3 Å². The highest BCUT2D eigenvalue weighted by atomic mass is 35.5. The van der Waals surface area contributed by atoms with E-state index in [1.807, 2.05) is 42.6 Å². The average molecular weight is 469 g/mol. The summed E-state index contributed by atoms with van der Waals surface area (Å²) < 4.78 is 13.3. The molecule has 0 aliphatic heterocycles. The predicted octanol–water partition coefficient (Wildman–Crippen LogP) is 6.11. The van der Waals surface area contributed by atoms with E-state index in [1.54, 1.807) is 40.3 Å². The normalized spacial score (nSPS) is 10.8. The molecule has 4 rings (SSSR count). The minimum atomic E-state index is -0.962. The number of halogens is 1. The molecule has 1 N–H and O–H groups in total. The topological polar surface area (TPSA) is 73.6 Å². The summed E-state index contributed by atoms with van der Waals surface area (Å²) in [5.41, 5.74) is 2.79. The monoisotopic (exact) mass is 468 g/mol. The molecule has 2 aromatic carbocycles. The summed E-state index contributed by atoms with van der Waals surface area (Å²) in [7, 11) is 0. The van der Waals surface area contributed by atoms with Gasteiger partial charge in [-0.3, -0.25) is 0 Å². The SMILES string of the molecule is CCOc1cc(-c2ccc(C(=O)O)cc2)nn1CCOc1ccc(-c2cccs2)cc1Cl. The Labute approximate surface area is 194 Å². The van der Waals surface area contributed by atoms with Gasteiger partial charge in [0.05, 0.1) is 29.4 Å². The van der Waals surface area contributed by atoms with Gasteiger partial charge in [-0.25, -0.2) is 9.48 Å². The number of aromatic carboxylic acids is 1. The van der Waals surface area contributed by atoms with Crippen molar-refractivity contribution in [2.24, 2.45) is 0 Å². The first-order valence-electron chi connectivity index (χ1n) is 10.1. The van der Waals surface area contributed by atoms with Gasteiger partial charge in [0.1, 0.15) is 12.4 Å². The van der Waals surface area contributed by atoms with E-state index in [0.717, 1.165) is 16.0 Å². The van der Waals surface area contributed by atoms with Gasteiger partial charge >= 0.3 is 5.97 Å². The standard InChI is InChI=1S/C24H21ClN2O4S/c1-2-30-23-15-20(16-5-7-17(8-6-16)24(28)29)26-27(23)11-12-31-21-10-9-18(14-19(21)25)22-4-3-13-32-22/h3-10,13-15H,2,11-12H2,1H3,(H,28,29). The molecule has 4 aromatic rings. The molecule has 164 valence electrons. The number of carbonyl (C=O) groups is 1. The van der Waals surface area contributed by atoms with Crippen molar-refractivity contribution < 1.29 is 19.4 Å². The van der Waals surface area contributed by atoms with Crippen LogP contribution in [0.4, 0.5) is 0 Å². The summed E-state index contributed by atoms with van der Waals surface area (Å²) in [6, 6.07) is 18.2. The van der Waals surface area contributed by atoms with E-state index in [4.69, 9.17) is 26.2 Å². The first-order valence-corrected chi connectivity index (χ1v) is 11.3. The second-order valence-corrected chi connectivity index (χ2v) is 8.23. The van der Waals surface area contributed by atoms with Gasteiger partial charge < -0.3 is 14.6 Å². The molecule has 32 heavy (non-hydrogen) atoms. The van der Waals surface area contributed by atoms with Crippen molar-refractivity contribution in [2.75, 3.05) is 13.2 Å². The van der Waals surface area contributed by atoms with E-state index in [1.165, 1.54) is 0 Å². The number of carboxylic acid groups (broad SMARTS) is 1. The van der Waals surface area contributed by atoms with Crippen molar-refractivity contribution in [3.05, 3.63) is 76.6 Å². The molecule has 0 bridgehead atoms. The van der Waals surface area contributed by atoms with E-state index in [-0.39, 0.29) is 5.56 Å². The molecule has 0 spiro atoms. The van der Waals surface area contributed by atoms with E-state index >= 15 is 0 Å². The Kier molecular flexibility index (Phi) is 6.78. The Balaban J connectivity index is 1.45. The average Bonchev–Trinajstić information content (AvgIpc) is 3.46. The number of hydrogen-bond donors (Lipinski definition) is 1. The lowest BCUT2D eigenvalue weighted by molar-refractivity contribution is 0.0697. The van der Waals surface area contributed by atoms with Gasteiger partial charge in [0.2, 0.25) is 5.88 Å². The lowest BCUT2D eigenvalue weighted by Crippen LogP contribution is -2.11. The highest BCUT2D eigenvalue weighted by Crippen LogP contribution is 2.32. The zero-order chi connectivity index (χ0) is 22.5. The Morgan fingerprint density at radius 2 is 1.88 bits per heavy atom. The summed E-state index contributed by atoms with van der Waals surface area (Å²) >= 11 is 8.08. The van der Waals surface area contributed by atoms with Gasteiger partial charge in [-0.1, -0.05) is 29.8 Å². The van der Waals surface area contributed by atoms with Crippen LogP contribution in [0.2, 0.25) is 5.02 Å². The number of carboxylic acids is 1. The fourth-order valence-electron chi connectivity index (χ4n) is 3.20. The van der Waals surface area contributed by atoms with Crippen LogP contribution in [-0.2, 0) is 6.54 Å². The molecule has 0 amide bonds. The predicted molar refractivity (Wildman–Crippen MR) is 126 cm³/mol. The van der Waals surface area contributed by atoms with Crippen LogP contribution >= 0.6 is 22.9 Å². The Morgan fingerprint density at radius 1 is 1.09 bits per heavy atom. The molecule has 2 heterocycles. The summed E-state index contributed by atoms with van der Waals surface area (Å²) in [4.78, 5) is 12.2. The summed E-state index contributed by atoms with van der Waals surface area (Å²) in [5.74, 6) is 0.269. The van der Waals surface area contributed by atoms with Crippen LogP contribution in [-0.4, -0.2) is 34.1 Å². The van der Waals surface area contributed by atoms with Crippen LogP contribution in [0, 0.1) is 0 Å². The molecule has 0 aliphatic carbocycles. The first kappa shape index (κ1) is 21.9. The molecule has 0 aliphatic rings. The van der Waals surface area contributed by atoms with Crippen molar-refractivity contribution >= 4 is 28.9 Å².